The van der Waals surface area contributed by atoms with E-state index >= 15 is 0 Å². The summed E-state index contributed by atoms with van der Waals surface area (Å²) in [4.78, 5) is 9.68. The zero-order chi connectivity index (χ0) is 15.5. The molecule has 0 aliphatic rings. The van der Waals surface area contributed by atoms with Gasteiger partial charge in [0.25, 0.3) is 0 Å². The van der Waals surface area contributed by atoms with E-state index < -0.39 is 5.82 Å². The number of fused-ring (bicyclic) bond motifs is 1. The lowest BCUT2D eigenvalue weighted by molar-refractivity contribution is 0.387. The summed E-state index contributed by atoms with van der Waals surface area (Å²) in [6.45, 7) is 2.11. The monoisotopic (exact) mass is 317 g/mol. The van der Waals surface area contributed by atoms with Gasteiger partial charge in [0.1, 0.15) is 12.1 Å². The summed E-state index contributed by atoms with van der Waals surface area (Å²) in [5, 5.41) is 6.22. The number of ether oxygens (including phenoxy) is 1. The number of nitrogens with one attached hydrogen (secondary N) is 1. The van der Waals surface area contributed by atoms with Crippen LogP contribution in [0.1, 0.15) is 24.3 Å². The Morgan fingerprint density at radius 3 is 2.91 bits per heavy atom. The van der Waals surface area contributed by atoms with Crippen LogP contribution in [0.4, 0.5) is 10.2 Å². The van der Waals surface area contributed by atoms with Crippen molar-refractivity contribution in [2.45, 2.75) is 19.4 Å². The van der Waals surface area contributed by atoms with E-state index in [-0.39, 0.29) is 11.8 Å². The van der Waals surface area contributed by atoms with Gasteiger partial charge in [0.2, 0.25) is 0 Å². The first-order valence-corrected chi connectivity index (χ1v) is 7.89. The molecule has 1 N–H and O–H groups in total. The average Bonchev–Trinajstić information content (AvgIpc) is 3.06. The first kappa shape index (κ1) is 14.7. The minimum atomic E-state index is -0.426. The van der Waals surface area contributed by atoms with Gasteiger partial charge >= 0.3 is 0 Å². The number of thiophene rings is 1. The van der Waals surface area contributed by atoms with Crippen molar-refractivity contribution in [3.05, 3.63) is 46.7 Å². The molecule has 22 heavy (non-hydrogen) atoms. The maximum Gasteiger partial charge on any atom is 0.167 e. The summed E-state index contributed by atoms with van der Waals surface area (Å²) < 4.78 is 18.9. The van der Waals surface area contributed by atoms with Crippen LogP contribution < -0.4 is 10.1 Å². The second-order valence-corrected chi connectivity index (χ2v) is 5.83. The number of nitrogens with zero attached hydrogens (tertiary/aromatic N) is 2. The van der Waals surface area contributed by atoms with Gasteiger partial charge in [-0.05, 0) is 23.9 Å². The van der Waals surface area contributed by atoms with Gasteiger partial charge in [-0.1, -0.05) is 13.0 Å². The molecule has 6 heteroatoms. The largest absolute Gasteiger partial charge is 0.494 e. The number of aromatic nitrogens is 2. The van der Waals surface area contributed by atoms with Crippen LogP contribution in [-0.4, -0.2) is 17.1 Å². The summed E-state index contributed by atoms with van der Waals surface area (Å²) in [6, 6.07) is 7.28. The highest BCUT2D eigenvalue weighted by Gasteiger charge is 2.15. The molecule has 0 bridgehead atoms. The van der Waals surface area contributed by atoms with E-state index in [1.54, 1.807) is 17.4 Å². The number of anilines is 1. The molecule has 3 aromatic rings. The number of rotatable bonds is 5. The fraction of sp³-hybridized carbons (Fsp3) is 0.250. The van der Waals surface area contributed by atoms with Gasteiger partial charge in [-0.2, -0.15) is 0 Å². The maximum absolute atomic E-state index is 13.8. The number of hydrogen-bond acceptors (Lipinski definition) is 5. The second kappa shape index (κ2) is 6.27. The third-order valence-electron chi connectivity index (χ3n) is 3.51. The van der Waals surface area contributed by atoms with E-state index in [1.807, 2.05) is 6.07 Å². The van der Waals surface area contributed by atoms with Crippen LogP contribution in [-0.2, 0) is 0 Å². The maximum atomic E-state index is 13.8. The molecule has 0 radical (unpaired) electrons. The van der Waals surface area contributed by atoms with Crippen molar-refractivity contribution < 1.29 is 9.13 Å². The van der Waals surface area contributed by atoms with Crippen LogP contribution in [0.3, 0.4) is 0 Å². The minimum Gasteiger partial charge on any atom is -0.494 e. The molecule has 3 rings (SSSR count). The van der Waals surface area contributed by atoms with Gasteiger partial charge in [0.15, 0.2) is 11.6 Å². The van der Waals surface area contributed by atoms with Gasteiger partial charge in [0, 0.05) is 16.3 Å². The van der Waals surface area contributed by atoms with Crippen LogP contribution in [0, 0.1) is 5.82 Å². The average molecular weight is 317 g/mol. The summed E-state index contributed by atoms with van der Waals surface area (Å²) >= 11 is 1.70. The first-order chi connectivity index (χ1) is 10.7. The zero-order valence-electron chi connectivity index (χ0n) is 12.3. The van der Waals surface area contributed by atoms with Crippen LogP contribution in [0.15, 0.2) is 36.0 Å². The van der Waals surface area contributed by atoms with Gasteiger partial charge in [-0.25, -0.2) is 14.4 Å². The van der Waals surface area contributed by atoms with E-state index in [9.17, 15) is 4.39 Å². The Balaban J connectivity index is 2.03. The number of methoxy groups -OCH3 is 1. The zero-order valence-corrected chi connectivity index (χ0v) is 13.2. The standard InChI is InChI=1S/C16H16FN3OS/c1-3-12(15-5-4-6-22-15)20-16-10-7-14(21-2)11(17)8-13(10)18-9-19-16/h4-9,12H,3H2,1-2H3,(H,18,19,20). The topological polar surface area (TPSA) is 47.0 Å². The molecule has 1 unspecified atom stereocenters. The van der Waals surface area contributed by atoms with Gasteiger partial charge in [-0.3, -0.25) is 0 Å². The Morgan fingerprint density at radius 2 is 2.23 bits per heavy atom. The van der Waals surface area contributed by atoms with Crippen molar-refractivity contribution in [1.82, 2.24) is 9.97 Å². The van der Waals surface area contributed by atoms with E-state index in [0.717, 1.165) is 11.8 Å². The minimum absolute atomic E-state index is 0.161. The van der Waals surface area contributed by atoms with E-state index in [0.29, 0.717) is 11.3 Å². The van der Waals surface area contributed by atoms with Crippen molar-refractivity contribution in [2.75, 3.05) is 12.4 Å². The van der Waals surface area contributed by atoms with Crippen molar-refractivity contribution in [3.63, 3.8) is 0 Å². The van der Waals surface area contributed by atoms with Gasteiger partial charge in [0.05, 0.1) is 18.7 Å². The molecule has 0 aliphatic heterocycles. The number of hydrogen-bond donors (Lipinski definition) is 1. The van der Waals surface area contributed by atoms with Gasteiger partial charge in [-0.15, -0.1) is 11.3 Å². The lowest BCUT2D eigenvalue weighted by Gasteiger charge is -2.17. The molecule has 1 atom stereocenters. The molecule has 4 nitrogen and oxygen atoms in total. The Morgan fingerprint density at radius 1 is 1.36 bits per heavy atom. The normalized spacial score (nSPS) is 12.3. The van der Waals surface area contributed by atoms with Crippen LogP contribution >= 0.6 is 11.3 Å². The molecular formula is C16H16FN3OS. The lowest BCUT2D eigenvalue weighted by Crippen LogP contribution is -2.10. The molecule has 0 fully saturated rings. The summed E-state index contributed by atoms with van der Waals surface area (Å²) in [5.74, 6) is 0.447. The third kappa shape index (κ3) is 2.74. The molecule has 114 valence electrons. The summed E-state index contributed by atoms with van der Waals surface area (Å²) in [6.07, 6.45) is 2.36. The highest BCUT2D eigenvalue weighted by molar-refractivity contribution is 7.10. The second-order valence-electron chi connectivity index (χ2n) is 4.85. The molecule has 0 saturated heterocycles. The van der Waals surface area contributed by atoms with Crippen LogP contribution in [0.5, 0.6) is 5.75 Å². The summed E-state index contributed by atoms with van der Waals surface area (Å²) in [7, 11) is 1.45. The quantitative estimate of drug-likeness (QED) is 0.757. The highest BCUT2D eigenvalue weighted by Crippen LogP contribution is 2.31. The predicted octanol–water partition coefficient (Wildman–Crippen LogP) is 4.40. The van der Waals surface area contributed by atoms with Crippen molar-refractivity contribution >= 4 is 28.1 Å². The Kier molecular flexibility index (Phi) is 4.20. The highest BCUT2D eigenvalue weighted by atomic mass is 32.1. The SMILES string of the molecule is CCC(Nc1ncnc2cc(F)c(OC)cc12)c1cccs1. The molecular weight excluding hydrogens is 301 g/mol. The number of benzene rings is 1. The molecule has 2 heterocycles. The molecule has 0 saturated carbocycles. The van der Waals surface area contributed by atoms with E-state index in [1.165, 1.54) is 24.4 Å². The molecule has 0 spiro atoms. The van der Waals surface area contributed by atoms with Gasteiger partial charge < -0.3 is 10.1 Å². The molecule has 0 aliphatic carbocycles. The van der Waals surface area contributed by atoms with Crippen molar-refractivity contribution in [2.24, 2.45) is 0 Å². The number of halogens is 1. The lowest BCUT2D eigenvalue weighted by atomic mass is 10.1. The molecule has 2 aromatic heterocycles. The summed E-state index contributed by atoms with van der Waals surface area (Å²) in [5.41, 5.74) is 0.553. The van der Waals surface area contributed by atoms with E-state index in [2.05, 4.69) is 33.7 Å². The fourth-order valence-corrected chi connectivity index (χ4v) is 3.22. The van der Waals surface area contributed by atoms with Crippen molar-refractivity contribution in [3.8, 4) is 5.75 Å². The Hall–Kier alpha value is -2.21. The Labute approximate surface area is 132 Å². The third-order valence-corrected chi connectivity index (χ3v) is 4.50. The predicted molar refractivity (Wildman–Crippen MR) is 87.0 cm³/mol. The Bertz CT molecular complexity index is 776. The first-order valence-electron chi connectivity index (χ1n) is 7.01. The molecule has 1 aromatic carbocycles. The van der Waals surface area contributed by atoms with Crippen LogP contribution in [0.25, 0.3) is 10.9 Å². The van der Waals surface area contributed by atoms with Crippen molar-refractivity contribution in [1.29, 1.82) is 0 Å². The smallest absolute Gasteiger partial charge is 0.167 e. The molecule has 0 amide bonds. The van der Waals surface area contributed by atoms with Crippen LogP contribution in [0.2, 0.25) is 0 Å². The fourth-order valence-electron chi connectivity index (χ4n) is 2.36. The van der Waals surface area contributed by atoms with E-state index in [4.69, 9.17) is 4.74 Å².